The second-order valence-electron chi connectivity index (χ2n) is 12.5. The third kappa shape index (κ3) is 5.86. The van der Waals surface area contributed by atoms with E-state index in [1.807, 2.05) is 50.2 Å². The van der Waals surface area contributed by atoms with Gasteiger partial charge < -0.3 is 4.74 Å². The van der Waals surface area contributed by atoms with Crippen molar-refractivity contribution in [1.82, 2.24) is 0 Å². The smallest absolute Gasteiger partial charge is 0.182 e. The molecule has 2 aliphatic carbocycles. The zero-order valence-electron chi connectivity index (χ0n) is 25.7. The number of hydrogen-bond acceptors (Lipinski definition) is 6. The fourth-order valence-corrected chi connectivity index (χ4v) is 11.8. The maximum atomic E-state index is 14.7. The fraction of sp³-hybridized carbons (Fsp3) is 0.324. The quantitative estimate of drug-likeness (QED) is 0.219. The fourth-order valence-electron chi connectivity index (χ4n) is 7.50. The lowest BCUT2D eigenvalue weighted by atomic mass is 9.61. The van der Waals surface area contributed by atoms with Crippen molar-refractivity contribution in [3.63, 3.8) is 0 Å². The minimum Gasteiger partial charge on any atom is -0.497 e. The molecule has 2 fully saturated rings. The average molecular weight is 643 g/mol. The van der Waals surface area contributed by atoms with Crippen molar-refractivity contribution >= 4 is 25.5 Å². The van der Waals surface area contributed by atoms with E-state index in [1.54, 1.807) is 73.8 Å². The predicted molar refractivity (Wildman–Crippen MR) is 175 cm³/mol. The van der Waals surface area contributed by atoms with E-state index < -0.39 is 53.8 Å². The molecular weight excluding hydrogens is 605 g/mol. The molecule has 0 aliphatic heterocycles. The molecule has 0 radical (unpaired) electrons. The van der Waals surface area contributed by atoms with Gasteiger partial charge in [0.2, 0.25) is 0 Å². The molecule has 6 atom stereocenters. The van der Waals surface area contributed by atoms with Crippen LogP contribution in [0.1, 0.15) is 53.4 Å². The molecule has 2 aliphatic rings. The molecule has 0 saturated heterocycles. The van der Waals surface area contributed by atoms with E-state index in [-0.39, 0.29) is 34.8 Å². The largest absolute Gasteiger partial charge is 0.497 e. The summed E-state index contributed by atoms with van der Waals surface area (Å²) in [5.74, 6) is -1.77. The standard InChI is InChI=1S/C37H38O6S2/c1-24-9-13-27(14-10-24)32-22-35(38)33-23-36(44(39,40)29-7-5-4-6-8-29)31(26-15-17-28(43-3)18-16-26)21-34(33)37(32)45(41,42)30-19-11-25(2)12-20-30/h4-20,31-34,36-37H,21-23H2,1-3H3/t31?,32?,33-,34+,36?,37?/m1/s1. The molecule has 6 nitrogen and oxygen atoms in total. The second-order valence-corrected chi connectivity index (χ2v) is 16.8. The molecule has 0 amide bonds. The maximum Gasteiger partial charge on any atom is 0.182 e. The summed E-state index contributed by atoms with van der Waals surface area (Å²) in [4.78, 5) is 14.5. The third-order valence-corrected chi connectivity index (χ3v) is 14.4. The van der Waals surface area contributed by atoms with E-state index in [1.165, 1.54) is 0 Å². The Morgan fingerprint density at radius 3 is 1.73 bits per heavy atom. The number of carbonyl (C=O) groups is 1. The van der Waals surface area contributed by atoms with Gasteiger partial charge in [-0.25, -0.2) is 16.8 Å². The highest BCUT2D eigenvalue weighted by Gasteiger charge is 2.56. The van der Waals surface area contributed by atoms with Gasteiger partial charge in [0.1, 0.15) is 11.5 Å². The van der Waals surface area contributed by atoms with E-state index in [0.29, 0.717) is 5.75 Å². The SMILES string of the molecule is COc1ccc(C2C[C@@H]3C(S(=O)(=O)c4ccc(C)cc4)C(c4ccc(C)cc4)CC(=O)[C@@H]3CC2S(=O)(=O)c2ccccc2)cc1. The molecule has 0 spiro atoms. The van der Waals surface area contributed by atoms with Crippen LogP contribution in [0.25, 0.3) is 0 Å². The summed E-state index contributed by atoms with van der Waals surface area (Å²) >= 11 is 0. The Balaban J connectivity index is 1.51. The highest BCUT2D eigenvalue weighted by atomic mass is 32.2. The second kappa shape index (κ2) is 12.2. The molecule has 6 rings (SSSR count). The number of rotatable bonds is 7. The van der Waals surface area contributed by atoms with E-state index in [2.05, 4.69) is 0 Å². The highest BCUT2D eigenvalue weighted by Crippen LogP contribution is 2.54. The lowest BCUT2D eigenvalue weighted by Crippen LogP contribution is -2.53. The van der Waals surface area contributed by atoms with Crippen LogP contribution in [-0.2, 0) is 24.5 Å². The van der Waals surface area contributed by atoms with Crippen molar-refractivity contribution in [2.75, 3.05) is 7.11 Å². The molecule has 2 saturated carbocycles. The van der Waals surface area contributed by atoms with Gasteiger partial charge in [0.05, 0.1) is 27.4 Å². The molecule has 234 valence electrons. The van der Waals surface area contributed by atoms with Crippen molar-refractivity contribution < 1.29 is 26.4 Å². The van der Waals surface area contributed by atoms with Gasteiger partial charge in [-0.3, -0.25) is 4.79 Å². The van der Waals surface area contributed by atoms with Gasteiger partial charge in [-0.15, -0.1) is 0 Å². The number of sulfone groups is 2. The van der Waals surface area contributed by atoms with Gasteiger partial charge in [-0.05, 0) is 80.1 Å². The first-order valence-corrected chi connectivity index (χ1v) is 18.4. The number of carbonyl (C=O) groups excluding carboxylic acids is 1. The van der Waals surface area contributed by atoms with Crippen LogP contribution in [0.2, 0.25) is 0 Å². The summed E-state index contributed by atoms with van der Waals surface area (Å²) in [5.41, 5.74) is 3.60. The Morgan fingerprint density at radius 1 is 0.600 bits per heavy atom. The highest BCUT2D eigenvalue weighted by molar-refractivity contribution is 7.92. The van der Waals surface area contributed by atoms with Crippen LogP contribution in [-0.4, -0.2) is 40.2 Å². The van der Waals surface area contributed by atoms with Gasteiger partial charge in [0, 0.05) is 24.2 Å². The van der Waals surface area contributed by atoms with Gasteiger partial charge in [-0.1, -0.05) is 77.9 Å². The normalized spacial score (nSPS) is 25.4. The molecule has 8 heteroatoms. The van der Waals surface area contributed by atoms with Crippen LogP contribution >= 0.6 is 0 Å². The minimum atomic E-state index is -3.92. The lowest BCUT2D eigenvalue weighted by molar-refractivity contribution is -0.128. The van der Waals surface area contributed by atoms with Crippen LogP contribution in [0, 0.1) is 25.7 Å². The van der Waals surface area contributed by atoms with Crippen molar-refractivity contribution in [1.29, 1.82) is 0 Å². The Labute approximate surface area is 266 Å². The Bertz CT molecular complexity index is 1880. The van der Waals surface area contributed by atoms with Crippen LogP contribution < -0.4 is 4.74 Å². The first kappa shape index (κ1) is 31.2. The van der Waals surface area contributed by atoms with Crippen LogP contribution in [0.15, 0.2) is 113 Å². The van der Waals surface area contributed by atoms with E-state index in [9.17, 15) is 21.6 Å². The topological polar surface area (TPSA) is 94.6 Å². The molecular formula is C37H38O6S2. The summed E-state index contributed by atoms with van der Waals surface area (Å²) in [5, 5.41) is -1.79. The van der Waals surface area contributed by atoms with Gasteiger partial charge in [0.15, 0.2) is 19.7 Å². The molecule has 0 N–H and O–H groups in total. The number of fused-ring (bicyclic) bond motifs is 1. The Hall–Kier alpha value is -3.75. The molecule has 4 aromatic carbocycles. The van der Waals surface area contributed by atoms with Crippen LogP contribution in [0.4, 0.5) is 0 Å². The van der Waals surface area contributed by atoms with E-state index in [4.69, 9.17) is 4.74 Å². The summed E-state index contributed by atoms with van der Waals surface area (Å²) in [7, 11) is -6.21. The summed E-state index contributed by atoms with van der Waals surface area (Å²) in [6, 6.07) is 30.3. The number of aryl methyl sites for hydroxylation is 2. The van der Waals surface area contributed by atoms with E-state index in [0.717, 1.165) is 22.3 Å². The number of hydrogen-bond donors (Lipinski definition) is 0. The van der Waals surface area contributed by atoms with Crippen molar-refractivity contribution in [3.8, 4) is 5.75 Å². The summed E-state index contributed by atoms with van der Waals surface area (Å²) in [6.45, 7) is 3.88. The van der Waals surface area contributed by atoms with Gasteiger partial charge in [0.25, 0.3) is 0 Å². The van der Waals surface area contributed by atoms with Crippen LogP contribution in [0.3, 0.4) is 0 Å². The molecule has 4 unspecified atom stereocenters. The molecule has 4 aromatic rings. The van der Waals surface area contributed by atoms with Crippen molar-refractivity contribution in [2.24, 2.45) is 11.8 Å². The summed E-state index contributed by atoms with van der Waals surface area (Å²) < 4.78 is 63.3. The zero-order chi connectivity index (χ0) is 31.9. The van der Waals surface area contributed by atoms with Gasteiger partial charge >= 0.3 is 0 Å². The van der Waals surface area contributed by atoms with Gasteiger partial charge in [-0.2, -0.15) is 0 Å². The average Bonchev–Trinajstić information content (AvgIpc) is 3.05. The molecule has 0 bridgehead atoms. The number of methoxy groups -OCH3 is 1. The number of ketones is 1. The molecule has 45 heavy (non-hydrogen) atoms. The van der Waals surface area contributed by atoms with E-state index >= 15 is 0 Å². The molecule has 0 aromatic heterocycles. The zero-order valence-corrected chi connectivity index (χ0v) is 27.3. The third-order valence-electron chi connectivity index (χ3n) is 9.86. The number of ether oxygens (including phenoxy) is 1. The summed E-state index contributed by atoms with van der Waals surface area (Å²) in [6.07, 6.45) is 0.362. The Morgan fingerprint density at radius 2 is 1.13 bits per heavy atom. The lowest BCUT2D eigenvalue weighted by Gasteiger charge is -2.48. The number of Topliss-reactive ketones (excluding diaryl/α,β-unsaturated/α-hetero) is 1. The first-order chi connectivity index (χ1) is 21.5. The maximum absolute atomic E-state index is 14.7. The first-order valence-electron chi connectivity index (χ1n) is 15.3. The predicted octanol–water partition coefficient (Wildman–Crippen LogP) is 6.86. The van der Waals surface area contributed by atoms with Crippen molar-refractivity contribution in [3.05, 3.63) is 125 Å². The van der Waals surface area contributed by atoms with Crippen LogP contribution in [0.5, 0.6) is 5.75 Å². The molecule has 0 heterocycles. The van der Waals surface area contributed by atoms with Crippen molar-refractivity contribution in [2.45, 2.75) is 65.2 Å². The minimum absolute atomic E-state index is 0.0469. The Kier molecular flexibility index (Phi) is 8.48. The monoisotopic (exact) mass is 642 g/mol. The number of benzene rings is 4.